The minimum absolute atomic E-state index is 0.0240. The largest absolute Gasteiger partial charge is 0.417 e. The standard InChI is InChI=1S/C19H18F3N5O/c20-19(21,22)12-3-4-15(25-7-12)14-8-26-18(13-2-1-5-24-17(13)14)27-16-9-23-6-11(16)10-28/h1-5,7-8,11,16,23,28H,6,9-10H2,(H,26,27)/t11-,16+/m0/s1. The summed E-state index contributed by atoms with van der Waals surface area (Å²) in [6, 6.07) is 5.97. The molecule has 0 unspecified atom stereocenters. The van der Waals surface area contributed by atoms with Crippen LogP contribution in [0.2, 0.25) is 0 Å². The maximum absolute atomic E-state index is 12.8. The molecule has 0 aromatic carbocycles. The lowest BCUT2D eigenvalue weighted by atomic mass is 10.0. The van der Waals surface area contributed by atoms with Gasteiger partial charge in [-0.15, -0.1) is 0 Å². The fourth-order valence-electron chi connectivity index (χ4n) is 3.36. The highest BCUT2D eigenvalue weighted by molar-refractivity contribution is 5.98. The first-order valence-corrected chi connectivity index (χ1v) is 8.83. The normalized spacial score (nSPS) is 19.9. The number of pyridine rings is 3. The Labute approximate surface area is 158 Å². The molecule has 146 valence electrons. The van der Waals surface area contributed by atoms with E-state index in [0.29, 0.717) is 29.1 Å². The molecular weight excluding hydrogens is 371 g/mol. The Bertz CT molecular complexity index is 977. The fourth-order valence-corrected chi connectivity index (χ4v) is 3.36. The summed E-state index contributed by atoms with van der Waals surface area (Å²) >= 11 is 0. The highest BCUT2D eigenvalue weighted by Gasteiger charge is 2.31. The molecule has 1 fully saturated rings. The van der Waals surface area contributed by atoms with Crippen molar-refractivity contribution < 1.29 is 18.3 Å². The maximum atomic E-state index is 12.8. The van der Waals surface area contributed by atoms with Crippen LogP contribution in [0.1, 0.15) is 5.56 Å². The molecule has 6 nitrogen and oxygen atoms in total. The SMILES string of the molecule is OC[C@@H]1CNC[C@H]1Nc1ncc(-c2ccc(C(F)(F)F)cn2)c2ncccc12. The number of halogens is 3. The molecule has 3 N–H and O–H groups in total. The van der Waals surface area contributed by atoms with Crippen LogP contribution in [0.15, 0.2) is 42.9 Å². The molecule has 0 amide bonds. The molecular formula is C19H18F3N5O. The van der Waals surface area contributed by atoms with Crippen LogP contribution in [0.3, 0.4) is 0 Å². The van der Waals surface area contributed by atoms with E-state index in [0.717, 1.165) is 24.2 Å². The molecule has 0 radical (unpaired) electrons. The number of hydrogen-bond acceptors (Lipinski definition) is 6. The van der Waals surface area contributed by atoms with E-state index in [-0.39, 0.29) is 18.6 Å². The third kappa shape index (κ3) is 3.50. The molecule has 0 aliphatic carbocycles. The predicted octanol–water partition coefficient (Wildman–Crippen LogP) is 2.70. The van der Waals surface area contributed by atoms with Gasteiger partial charge in [0.2, 0.25) is 0 Å². The van der Waals surface area contributed by atoms with E-state index in [2.05, 4.69) is 25.6 Å². The highest BCUT2D eigenvalue weighted by Crippen LogP contribution is 2.32. The van der Waals surface area contributed by atoms with Gasteiger partial charge in [-0.25, -0.2) is 4.98 Å². The average molecular weight is 389 g/mol. The van der Waals surface area contributed by atoms with E-state index in [1.807, 2.05) is 6.07 Å². The van der Waals surface area contributed by atoms with E-state index in [1.54, 1.807) is 18.5 Å². The number of rotatable bonds is 4. The van der Waals surface area contributed by atoms with Gasteiger partial charge in [-0.2, -0.15) is 13.2 Å². The van der Waals surface area contributed by atoms with Crippen molar-refractivity contribution in [1.29, 1.82) is 0 Å². The van der Waals surface area contributed by atoms with Gasteiger partial charge in [0.05, 0.1) is 16.8 Å². The van der Waals surface area contributed by atoms with Crippen LogP contribution in [0.25, 0.3) is 22.2 Å². The third-order valence-electron chi connectivity index (χ3n) is 4.90. The zero-order valence-electron chi connectivity index (χ0n) is 14.7. The number of alkyl halides is 3. The summed E-state index contributed by atoms with van der Waals surface area (Å²) in [5, 5.41) is 16.8. The Morgan fingerprint density at radius 3 is 2.68 bits per heavy atom. The molecule has 28 heavy (non-hydrogen) atoms. The summed E-state index contributed by atoms with van der Waals surface area (Å²) in [6.07, 6.45) is -0.445. The molecule has 4 heterocycles. The number of aliphatic hydroxyl groups excluding tert-OH is 1. The van der Waals surface area contributed by atoms with Gasteiger partial charge in [0, 0.05) is 61.2 Å². The monoisotopic (exact) mass is 389 g/mol. The number of aromatic nitrogens is 3. The quantitative estimate of drug-likeness (QED) is 0.637. The van der Waals surface area contributed by atoms with Gasteiger partial charge in [-0.3, -0.25) is 9.97 Å². The predicted molar refractivity (Wildman–Crippen MR) is 98.6 cm³/mol. The fraction of sp³-hybridized carbons (Fsp3) is 0.316. The summed E-state index contributed by atoms with van der Waals surface area (Å²) in [4.78, 5) is 12.8. The maximum Gasteiger partial charge on any atom is 0.417 e. The van der Waals surface area contributed by atoms with Crippen molar-refractivity contribution in [1.82, 2.24) is 20.3 Å². The first-order chi connectivity index (χ1) is 13.5. The van der Waals surface area contributed by atoms with Crippen LogP contribution in [0.4, 0.5) is 19.0 Å². The van der Waals surface area contributed by atoms with Crippen LogP contribution in [0.5, 0.6) is 0 Å². The van der Waals surface area contributed by atoms with Gasteiger partial charge in [-0.05, 0) is 24.3 Å². The molecule has 1 saturated heterocycles. The van der Waals surface area contributed by atoms with Crippen molar-refractivity contribution in [2.24, 2.45) is 5.92 Å². The summed E-state index contributed by atoms with van der Waals surface area (Å²) in [6.45, 7) is 1.49. The smallest absolute Gasteiger partial charge is 0.396 e. The topological polar surface area (TPSA) is 83.0 Å². The Morgan fingerprint density at radius 2 is 1.96 bits per heavy atom. The molecule has 0 bridgehead atoms. The van der Waals surface area contributed by atoms with E-state index in [9.17, 15) is 18.3 Å². The van der Waals surface area contributed by atoms with E-state index < -0.39 is 11.7 Å². The lowest BCUT2D eigenvalue weighted by Crippen LogP contribution is -2.30. The number of hydrogen-bond donors (Lipinski definition) is 3. The van der Waals surface area contributed by atoms with Gasteiger partial charge in [0.15, 0.2) is 0 Å². The van der Waals surface area contributed by atoms with Crippen molar-refractivity contribution in [3.63, 3.8) is 0 Å². The minimum Gasteiger partial charge on any atom is -0.396 e. The molecule has 4 rings (SSSR count). The molecule has 9 heteroatoms. The molecule has 3 aromatic rings. The summed E-state index contributed by atoms with van der Waals surface area (Å²) in [5.41, 5.74) is 0.715. The zero-order valence-corrected chi connectivity index (χ0v) is 14.7. The van der Waals surface area contributed by atoms with Gasteiger partial charge in [0.1, 0.15) is 5.82 Å². The molecule has 3 aromatic heterocycles. The van der Waals surface area contributed by atoms with Crippen molar-refractivity contribution in [3.8, 4) is 11.3 Å². The van der Waals surface area contributed by atoms with E-state index >= 15 is 0 Å². The van der Waals surface area contributed by atoms with Crippen molar-refractivity contribution in [3.05, 3.63) is 48.4 Å². The first-order valence-electron chi connectivity index (χ1n) is 8.83. The second-order valence-electron chi connectivity index (χ2n) is 6.70. The Morgan fingerprint density at radius 1 is 1.11 bits per heavy atom. The van der Waals surface area contributed by atoms with Crippen LogP contribution in [-0.2, 0) is 6.18 Å². The number of nitrogens with zero attached hydrogens (tertiary/aromatic N) is 3. The molecule has 1 aliphatic rings. The Hall–Kier alpha value is -2.78. The van der Waals surface area contributed by atoms with Gasteiger partial charge in [-0.1, -0.05) is 0 Å². The molecule has 2 atom stereocenters. The molecule has 1 aliphatic heterocycles. The number of fused-ring (bicyclic) bond motifs is 1. The highest BCUT2D eigenvalue weighted by atomic mass is 19.4. The number of aliphatic hydroxyl groups is 1. The van der Waals surface area contributed by atoms with Crippen molar-refractivity contribution >= 4 is 16.7 Å². The van der Waals surface area contributed by atoms with Crippen LogP contribution < -0.4 is 10.6 Å². The lowest BCUT2D eigenvalue weighted by molar-refractivity contribution is -0.137. The number of nitrogens with one attached hydrogen (secondary N) is 2. The summed E-state index contributed by atoms with van der Waals surface area (Å²) in [5.74, 6) is 0.690. The van der Waals surface area contributed by atoms with Crippen molar-refractivity contribution in [2.75, 3.05) is 25.0 Å². The second kappa shape index (κ2) is 7.33. The Kier molecular flexibility index (Phi) is 4.86. The first kappa shape index (κ1) is 18.6. The average Bonchev–Trinajstić information content (AvgIpc) is 3.15. The molecule has 0 spiro atoms. The zero-order chi connectivity index (χ0) is 19.7. The van der Waals surface area contributed by atoms with Gasteiger partial charge >= 0.3 is 6.18 Å². The van der Waals surface area contributed by atoms with Crippen LogP contribution >= 0.6 is 0 Å². The second-order valence-corrected chi connectivity index (χ2v) is 6.70. The molecule has 0 saturated carbocycles. The third-order valence-corrected chi connectivity index (χ3v) is 4.90. The van der Waals surface area contributed by atoms with E-state index in [4.69, 9.17) is 0 Å². The Balaban J connectivity index is 1.72. The lowest BCUT2D eigenvalue weighted by Gasteiger charge is -2.20. The number of anilines is 1. The van der Waals surface area contributed by atoms with E-state index in [1.165, 1.54) is 6.07 Å². The van der Waals surface area contributed by atoms with Crippen LogP contribution in [0, 0.1) is 5.92 Å². The summed E-state index contributed by atoms with van der Waals surface area (Å²) in [7, 11) is 0. The van der Waals surface area contributed by atoms with Gasteiger partial charge in [0.25, 0.3) is 0 Å². The van der Waals surface area contributed by atoms with Gasteiger partial charge < -0.3 is 15.7 Å². The minimum atomic E-state index is -4.43. The van der Waals surface area contributed by atoms with Crippen molar-refractivity contribution in [2.45, 2.75) is 12.2 Å². The summed E-state index contributed by atoms with van der Waals surface area (Å²) < 4.78 is 38.4. The van der Waals surface area contributed by atoms with Crippen LogP contribution in [-0.4, -0.2) is 45.8 Å².